The second-order valence-corrected chi connectivity index (χ2v) is 8.47. The highest BCUT2D eigenvalue weighted by Crippen LogP contribution is 2.36. The predicted molar refractivity (Wildman–Crippen MR) is 113 cm³/mol. The van der Waals surface area contributed by atoms with E-state index in [4.69, 9.17) is 9.47 Å². The number of fused-ring (bicyclic) bond motifs is 2. The third-order valence-electron chi connectivity index (χ3n) is 6.82. The summed E-state index contributed by atoms with van der Waals surface area (Å²) < 4.78 is 11.9. The number of carbonyl (C=O) groups is 1. The van der Waals surface area contributed by atoms with Gasteiger partial charge in [-0.05, 0) is 48.2 Å². The van der Waals surface area contributed by atoms with Crippen molar-refractivity contribution in [3.8, 4) is 22.6 Å². The van der Waals surface area contributed by atoms with Gasteiger partial charge in [0.25, 0.3) is 5.91 Å². The van der Waals surface area contributed by atoms with Gasteiger partial charge in [0, 0.05) is 26.2 Å². The van der Waals surface area contributed by atoms with Crippen LogP contribution in [-0.4, -0.2) is 61.1 Å². The molecule has 2 aromatic carbocycles. The standard InChI is InChI=1S/C24H28N2O3/c1-25-21-14-26(18-7-3-4-8-18)15-23(21)29-22-13-17(10-11-20(22)24(25)27)16-6-5-9-19(12-16)28-2/h5-6,9-13,18,21,23H,3-4,7-8,14-15H2,1-2H3/t21-,23+/m1/s1. The molecule has 0 bridgehead atoms. The Morgan fingerprint density at radius 3 is 2.62 bits per heavy atom. The van der Waals surface area contributed by atoms with Gasteiger partial charge in [-0.3, -0.25) is 9.69 Å². The van der Waals surface area contributed by atoms with Crippen LogP contribution in [0.2, 0.25) is 0 Å². The van der Waals surface area contributed by atoms with Gasteiger partial charge in [-0.15, -0.1) is 0 Å². The molecule has 0 spiro atoms. The molecular formula is C24H28N2O3. The molecule has 2 aliphatic heterocycles. The number of hydrogen-bond acceptors (Lipinski definition) is 4. The summed E-state index contributed by atoms with van der Waals surface area (Å²) in [5, 5.41) is 0. The monoisotopic (exact) mass is 392 g/mol. The van der Waals surface area contributed by atoms with Crippen LogP contribution in [0.15, 0.2) is 42.5 Å². The maximum atomic E-state index is 13.2. The van der Waals surface area contributed by atoms with E-state index in [1.165, 1.54) is 25.7 Å². The van der Waals surface area contributed by atoms with Crippen molar-refractivity contribution < 1.29 is 14.3 Å². The molecule has 152 valence electrons. The molecule has 2 heterocycles. The van der Waals surface area contributed by atoms with Gasteiger partial charge in [0.2, 0.25) is 0 Å². The fraction of sp³-hybridized carbons (Fsp3) is 0.458. The zero-order valence-electron chi connectivity index (χ0n) is 17.1. The molecule has 5 heteroatoms. The van der Waals surface area contributed by atoms with Gasteiger partial charge in [0.15, 0.2) is 0 Å². The predicted octanol–water partition coefficient (Wildman–Crippen LogP) is 3.82. The number of amides is 1. The van der Waals surface area contributed by atoms with E-state index in [9.17, 15) is 4.79 Å². The van der Waals surface area contributed by atoms with Crippen LogP contribution in [0.4, 0.5) is 0 Å². The molecule has 0 aromatic heterocycles. The topological polar surface area (TPSA) is 42.0 Å². The summed E-state index contributed by atoms with van der Waals surface area (Å²) in [6, 6.07) is 14.6. The number of methoxy groups -OCH3 is 1. The molecule has 1 amide bonds. The van der Waals surface area contributed by atoms with Crippen molar-refractivity contribution >= 4 is 5.91 Å². The highest BCUT2D eigenvalue weighted by molar-refractivity contribution is 5.98. The van der Waals surface area contributed by atoms with E-state index in [-0.39, 0.29) is 18.1 Å². The molecular weight excluding hydrogens is 364 g/mol. The van der Waals surface area contributed by atoms with E-state index in [0.717, 1.165) is 30.0 Å². The van der Waals surface area contributed by atoms with E-state index in [1.54, 1.807) is 7.11 Å². The van der Waals surface area contributed by atoms with Crippen LogP contribution < -0.4 is 9.47 Å². The Kier molecular flexibility index (Phi) is 4.70. The van der Waals surface area contributed by atoms with Gasteiger partial charge in [-0.25, -0.2) is 0 Å². The fourth-order valence-electron chi connectivity index (χ4n) is 5.12. The van der Waals surface area contributed by atoms with Crippen LogP contribution >= 0.6 is 0 Å². The highest BCUT2D eigenvalue weighted by atomic mass is 16.5. The summed E-state index contributed by atoms with van der Waals surface area (Å²) in [7, 11) is 3.59. The SMILES string of the molecule is COc1cccc(-c2ccc3c(c2)O[C@H]2CN(C4CCCC4)C[C@H]2N(C)C3=O)c1. The van der Waals surface area contributed by atoms with Gasteiger partial charge in [0.1, 0.15) is 17.6 Å². The number of carbonyl (C=O) groups excluding carboxylic acids is 1. The van der Waals surface area contributed by atoms with Crippen LogP contribution in [0.5, 0.6) is 11.5 Å². The molecule has 2 aromatic rings. The first-order valence-corrected chi connectivity index (χ1v) is 10.6. The quantitative estimate of drug-likeness (QED) is 0.796. The largest absolute Gasteiger partial charge is 0.497 e. The van der Waals surface area contributed by atoms with Crippen molar-refractivity contribution in [3.63, 3.8) is 0 Å². The first kappa shape index (κ1) is 18.5. The molecule has 1 aliphatic carbocycles. The second-order valence-electron chi connectivity index (χ2n) is 8.47. The van der Waals surface area contributed by atoms with Crippen molar-refractivity contribution in [3.05, 3.63) is 48.0 Å². The lowest BCUT2D eigenvalue weighted by Crippen LogP contribution is -2.44. The molecule has 5 rings (SSSR count). The van der Waals surface area contributed by atoms with Crippen LogP contribution in [0, 0.1) is 0 Å². The minimum absolute atomic E-state index is 0.0198. The van der Waals surface area contributed by atoms with E-state index in [2.05, 4.69) is 11.0 Å². The molecule has 3 aliphatic rings. The third-order valence-corrected chi connectivity index (χ3v) is 6.82. The average molecular weight is 392 g/mol. The summed E-state index contributed by atoms with van der Waals surface area (Å²) in [4.78, 5) is 17.6. The summed E-state index contributed by atoms with van der Waals surface area (Å²) in [5.41, 5.74) is 2.74. The minimum Gasteiger partial charge on any atom is -0.497 e. The average Bonchev–Trinajstić information content (AvgIpc) is 3.41. The third kappa shape index (κ3) is 3.27. The first-order chi connectivity index (χ1) is 14.1. The van der Waals surface area contributed by atoms with Gasteiger partial charge < -0.3 is 14.4 Å². The summed E-state index contributed by atoms with van der Waals surface area (Å²) in [5.74, 6) is 1.57. The molecule has 1 saturated carbocycles. The molecule has 5 nitrogen and oxygen atoms in total. The number of ether oxygens (including phenoxy) is 2. The van der Waals surface area contributed by atoms with Crippen LogP contribution in [0.3, 0.4) is 0 Å². The van der Waals surface area contributed by atoms with Crippen LogP contribution in [0.1, 0.15) is 36.0 Å². The van der Waals surface area contributed by atoms with Crippen LogP contribution in [-0.2, 0) is 0 Å². The van der Waals surface area contributed by atoms with Crippen molar-refractivity contribution in [2.24, 2.45) is 0 Å². The number of hydrogen-bond donors (Lipinski definition) is 0. The van der Waals surface area contributed by atoms with Crippen molar-refractivity contribution in [2.75, 3.05) is 27.2 Å². The Balaban J connectivity index is 1.46. The molecule has 29 heavy (non-hydrogen) atoms. The fourth-order valence-corrected chi connectivity index (χ4v) is 5.12. The number of likely N-dealkylation sites (tertiary alicyclic amines) is 1. The maximum absolute atomic E-state index is 13.2. The van der Waals surface area contributed by atoms with E-state index < -0.39 is 0 Å². The Labute approximate surface area is 172 Å². The van der Waals surface area contributed by atoms with Gasteiger partial charge >= 0.3 is 0 Å². The normalized spacial score (nSPS) is 24.8. The molecule has 2 atom stereocenters. The van der Waals surface area contributed by atoms with E-state index >= 15 is 0 Å². The van der Waals surface area contributed by atoms with Crippen molar-refractivity contribution in [2.45, 2.75) is 43.9 Å². The van der Waals surface area contributed by atoms with E-state index in [0.29, 0.717) is 17.4 Å². The van der Waals surface area contributed by atoms with Crippen molar-refractivity contribution in [1.82, 2.24) is 9.80 Å². The Bertz CT molecular complexity index is 922. The Hall–Kier alpha value is -2.53. The van der Waals surface area contributed by atoms with E-state index in [1.807, 2.05) is 48.3 Å². The summed E-state index contributed by atoms with van der Waals surface area (Å²) >= 11 is 0. The zero-order chi connectivity index (χ0) is 20.0. The zero-order valence-corrected chi connectivity index (χ0v) is 17.1. The lowest BCUT2D eigenvalue weighted by Gasteiger charge is -2.26. The lowest BCUT2D eigenvalue weighted by molar-refractivity contribution is 0.0681. The Morgan fingerprint density at radius 1 is 1.03 bits per heavy atom. The minimum atomic E-state index is 0.0198. The molecule has 2 fully saturated rings. The molecule has 0 N–H and O–H groups in total. The summed E-state index contributed by atoms with van der Waals surface area (Å²) in [6.45, 7) is 1.81. The molecule has 0 radical (unpaired) electrons. The number of benzene rings is 2. The lowest BCUT2D eigenvalue weighted by atomic mass is 10.0. The smallest absolute Gasteiger partial charge is 0.257 e. The van der Waals surface area contributed by atoms with Gasteiger partial charge in [-0.2, -0.15) is 0 Å². The summed E-state index contributed by atoms with van der Waals surface area (Å²) in [6.07, 6.45) is 5.20. The molecule has 1 saturated heterocycles. The highest BCUT2D eigenvalue weighted by Gasteiger charge is 2.44. The Morgan fingerprint density at radius 2 is 1.83 bits per heavy atom. The first-order valence-electron chi connectivity index (χ1n) is 10.6. The number of nitrogens with zero attached hydrogens (tertiary/aromatic N) is 2. The number of rotatable bonds is 3. The van der Waals surface area contributed by atoms with Gasteiger partial charge in [0.05, 0.1) is 18.7 Å². The van der Waals surface area contributed by atoms with Crippen LogP contribution in [0.25, 0.3) is 11.1 Å². The maximum Gasteiger partial charge on any atom is 0.257 e. The van der Waals surface area contributed by atoms with Gasteiger partial charge in [-0.1, -0.05) is 31.0 Å². The number of likely N-dealkylation sites (N-methyl/N-ethyl adjacent to an activating group) is 1. The molecule has 0 unspecified atom stereocenters. The van der Waals surface area contributed by atoms with Crippen molar-refractivity contribution in [1.29, 1.82) is 0 Å². The second kappa shape index (κ2) is 7.38.